The lowest BCUT2D eigenvalue weighted by Gasteiger charge is -2.13. The maximum Gasteiger partial charge on any atom is 0.206 e. The fourth-order valence-electron chi connectivity index (χ4n) is 2.93. The first-order valence-corrected chi connectivity index (χ1v) is 9.29. The highest BCUT2D eigenvalue weighted by Gasteiger charge is 2.18. The van der Waals surface area contributed by atoms with E-state index in [1.165, 1.54) is 10.9 Å². The molecule has 3 heterocycles. The van der Waals surface area contributed by atoms with Gasteiger partial charge in [0.2, 0.25) is 5.43 Å². The van der Waals surface area contributed by atoms with Gasteiger partial charge in [0.25, 0.3) is 0 Å². The van der Waals surface area contributed by atoms with Crippen LogP contribution in [-0.4, -0.2) is 41.2 Å². The quantitative estimate of drug-likeness (QED) is 0.522. The molecule has 0 aliphatic carbocycles. The van der Waals surface area contributed by atoms with Crippen LogP contribution in [-0.2, 0) is 7.05 Å². The summed E-state index contributed by atoms with van der Waals surface area (Å²) < 4.78 is 16.3. The van der Waals surface area contributed by atoms with Crippen LogP contribution in [0.1, 0.15) is 25.7 Å². The Hall–Kier alpha value is -3.85. The zero-order valence-electron chi connectivity index (χ0n) is 17.4. The standard InChI is InChI=1S/C21H20N6O3/c1-3-30-17-11-22-21(23-12-17)15-6-4-5-14(9-15)20(29)19-18(28)7-8-27(25-19)16-10-24-26(2)13-16/h4-13,20,29H,3H2,1-2H3/i7D. The third kappa shape index (κ3) is 3.96. The molecule has 0 aliphatic rings. The number of aryl methyl sites for hydroxylation is 1. The second-order valence-electron chi connectivity index (χ2n) is 6.51. The number of hydrogen-bond acceptors (Lipinski definition) is 7. The van der Waals surface area contributed by atoms with Gasteiger partial charge in [0.15, 0.2) is 11.6 Å². The minimum absolute atomic E-state index is 0.152. The summed E-state index contributed by atoms with van der Waals surface area (Å²) in [6, 6.07) is 6.62. The van der Waals surface area contributed by atoms with E-state index in [1.807, 2.05) is 6.92 Å². The number of aliphatic hydroxyl groups excluding tert-OH is 1. The molecule has 1 atom stereocenters. The second-order valence-corrected chi connectivity index (χ2v) is 6.51. The summed E-state index contributed by atoms with van der Waals surface area (Å²) in [5.74, 6) is 1.02. The highest BCUT2D eigenvalue weighted by Crippen LogP contribution is 2.24. The van der Waals surface area contributed by atoms with Crippen LogP contribution in [0.3, 0.4) is 0 Å². The molecule has 0 amide bonds. The van der Waals surface area contributed by atoms with Crippen molar-refractivity contribution in [1.82, 2.24) is 29.5 Å². The van der Waals surface area contributed by atoms with E-state index in [4.69, 9.17) is 6.11 Å². The number of benzene rings is 1. The van der Waals surface area contributed by atoms with E-state index < -0.39 is 11.5 Å². The van der Waals surface area contributed by atoms with Gasteiger partial charge in [-0.3, -0.25) is 9.48 Å². The van der Waals surface area contributed by atoms with Gasteiger partial charge in [-0.15, -0.1) is 0 Å². The first kappa shape index (κ1) is 18.2. The van der Waals surface area contributed by atoms with Crippen LogP contribution in [0.2, 0.25) is 0 Å². The number of nitrogens with zero attached hydrogens (tertiary/aromatic N) is 6. The summed E-state index contributed by atoms with van der Waals surface area (Å²) in [6.07, 6.45) is 6.36. The van der Waals surface area contributed by atoms with Crippen LogP contribution in [0.15, 0.2) is 66.1 Å². The molecule has 9 nitrogen and oxygen atoms in total. The number of aromatic nitrogens is 6. The van der Waals surface area contributed by atoms with E-state index in [9.17, 15) is 9.90 Å². The van der Waals surface area contributed by atoms with Crippen LogP contribution in [0, 0.1) is 0 Å². The molecule has 4 rings (SSSR count). The SMILES string of the molecule is [2H]c1cn(-c2cnn(C)c2)nc(C(O)c2cccc(-c3ncc(OCC)cn3)c2)c1=O. The molecule has 1 unspecified atom stereocenters. The van der Waals surface area contributed by atoms with E-state index in [2.05, 4.69) is 20.2 Å². The van der Waals surface area contributed by atoms with Crippen molar-refractivity contribution in [3.05, 3.63) is 82.8 Å². The molecule has 0 spiro atoms. The fraction of sp³-hybridized carbons (Fsp3) is 0.190. The van der Waals surface area contributed by atoms with E-state index in [0.29, 0.717) is 35.0 Å². The van der Waals surface area contributed by atoms with Crippen molar-refractivity contribution < 1.29 is 11.2 Å². The molecule has 4 aromatic rings. The summed E-state index contributed by atoms with van der Waals surface area (Å²) in [6.45, 7) is 2.39. The summed E-state index contributed by atoms with van der Waals surface area (Å²) in [7, 11) is 1.75. The first-order chi connectivity index (χ1) is 15.0. The van der Waals surface area contributed by atoms with Crippen LogP contribution >= 0.6 is 0 Å². The predicted octanol–water partition coefficient (Wildman–Crippen LogP) is 1.90. The third-order valence-corrected chi connectivity index (χ3v) is 4.38. The lowest BCUT2D eigenvalue weighted by molar-refractivity contribution is 0.212. The highest BCUT2D eigenvalue weighted by molar-refractivity contribution is 5.56. The maximum absolute atomic E-state index is 12.5. The molecule has 0 saturated carbocycles. The molecule has 0 aliphatic heterocycles. The van der Waals surface area contributed by atoms with E-state index in [1.54, 1.807) is 60.8 Å². The van der Waals surface area contributed by atoms with Gasteiger partial charge in [-0.05, 0) is 18.6 Å². The van der Waals surface area contributed by atoms with E-state index >= 15 is 0 Å². The fourth-order valence-corrected chi connectivity index (χ4v) is 2.93. The monoisotopic (exact) mass is 405 g/mol. The lowest BCUT2D eigenvalue weighted by Crippen LogP contribution is -2.20. The predicted molar refractivity (Wildman–Crippen MR) is 109 cm³/mol. The Balaban J connectivity index is 1.70. The van der Waals surface area contributed by atoms with Gasteiger partial charge in [0, 0.05) is 24.9 Å². The largest absolute Gasteiger partial charge is 0.491 e. The summed E-state index contributed by atoms with van der Waals surface area (Å²) >= 11 is 0. The number of ether oxygens (including phenoxy) is 1. The van der Waals surface area contributed by atoms with Crippen LogP contribution in [0.5, 0.6) is 5.75 Å². The van der Waals surface area contributed by atoms with Crippen molar-refractivity contribution in [2.24, 2.45) is 7.05 Å². The zero-order valence-corrected chi connectivity index (χ0v) is 16.4. The van der Waals surface area contributed by atoms with Gasteiger partial charge < -0.3 is 9.84 Å². The smallest absolute Gasteiger partial charge is 0.206 e. The molecule has 3 aromatic heterocycles. The average Bonchev–Trinajstić information content (AvgIpc) is 3.22. The van der Waals surface area contributed by atoms with Gasteiger partial charge in [-0.25, -0.2) is 14.6 Å². The molecule has 0 bridgehead atoms. The third-order valence-electron chi connectivity index (χ3n) is 4.38. The van der Waals surface area contributed by atoms with Gasteiger partial charge in [-0.2, -0.15) is 10.2 Å². The Bertz CT molecular complexity index is 1270. The Labute approximate surface area is 173 Å². The van der Waals surface area contributed by atoms with Crippen LogP contribution in [0.4, 0.5) is 0 Å². The molecular weight excluding hydrogens is 384 g/mol. The number of aliphatic hydroxyl groups is 1. The topological polar surface area (TPSA) is 108 Å². The van der Waals surface area contributed by atoms with Gasteiger partial charge in [0.05, 0.1) is 32.8 Å². The van der Waals surface area contributed by atoms with Crippen molar-refractivity contribution in [2.75, 3.05) is 6.61 Å². The molecule has 30 heavy (non-hydrogen) atoms. The van der Waals surface area contributed by atoms with Crippen molar-refractivity contribution in [3.8, 4) is 22.8 Å². The highest BCUT2D eigenvalue weighted by atomic mass is 16.5. The number of rotatable bonds is 6. The molecule has 0 radical (unpaired) electrons. The van der Waals surface area contributed by atoms with Gasteiger partial charge in [0.1, 0.15) is 17.5 Å². The first-order valence-electron chi connectivity index (χ1n) is 9.79. The van der Waals surface area contributed by atoms with Crippen molar-refractivity contribution >= 4 is 0 Å². The molecule has 1 N–H and O–H groups in total. The Morgan fingerprint density at radius 3 is 2.77 bits per heavy atom. The average molecular weight is 405 g/mol. The van der Waals surface area contributed by atoms with Crippen molar-refractivity contribution in [1.29, 1.82) is 0 Å². The van der Waals surface area contributed by atoms with Crippen LogP contribution < -0.4 is 10.2 Å². The molecule has 1 aromatic carbocycles. The van der Waals surface area contributed by atoms with Gasteiger partial charge >= 0.3 is 0 Å². The van der Waals surface area contributed by atoms with Crippen molar-refractivity contribution in [2.45, 2.75) is 13.0 Å². The summed E-state index contributed by atoms with van der Waals surface area (Å²) in [4.78, 5) is 21.1. The lowest BCUT2D eigenvalue weighted by atomic mass is 10.0. The minimum Gasteiger partial charge on any atom is -0.491 e. The summed E-state index contributed by atoms with van der Waals surface area (Å²) in [5, 5.41) is 19.3. The van der Waals surface area contributed by atoms with Gasteiger partial charge in [-0.1, -0.05) is 18.2 Å². The zero-order chi connectivity index (χ0) is 22.0. The van der Waals surface area contributed by atoms with Crippen molar-refractivity contribution in [3.63, 3.8) is 0 Å². The normalized spacial score (nSPS) is 12.4. The maximum atomic E-state index is 12.5. The minimum atomic E-state index is -1.33. The Kier molecular flexibility index (Phi) is 5.01. The molecular formula is C21H20N6O3. The molecule has 0 fully saturated rings. The number of hydrogen-bond donors (Lipinski definition) is 1. The molecule has 152 valence electrons. The van der Waals surface area contributed by atoms with Crippen LogP contribution in [0.25, 0.3) is 17.1 Å². The van der Waals surface area contributed by atoms with E-state index in [-0.39, 0.29) is 11.7 Å². The Morgan fingerprint density at radius 1 is 1.27 bits per heavy atom. The second kappa shape index (κ2) is 8.26. The Morgan fingerprint density at radius 2 is 2.07 bits per heavy atom. The van der Waals surface area contributed by atoms with E-state index in [0.717, 1.165) is 0 Å². The summed E-state index contributed by atoms with van der Waals surface area (Å²) in [5.41, 5.74) is 0.870. The molecule has 0 saturated heterocycles. The molecule has 9 heteroatoms.